The summed E-state index contributed by atoms with van der Waals surface area (Å²) >= 11 is 0. The maximum atomic E-state index is 10.6. The first-order chi connectivity index (χ1) is 5.20. The molecule has 0 aromatic heterocycles. The normalized spacial score (nSPS) is 19.3. The van der Waals surface area contributed by atoms with Crippen molar-refractivity contribution in [3.63, 3.8) is 0 Å². The quantitative estimate of drug-likeness (QED) is 0.449. The van der Waals surface area contributed by atoms with Gasteiger partial charge >= 0.3 is 5.97 Å². The topological polar surface area (TPSA) is 26.3 Å². The molecule has 0 saturated heterocycles. The van der Waals surface area contributed by atoms with Gasteiger partial charge < -0.3 is 4.74 Å². The zero-order chi connectivity index (χ0) is 8.27. The predicted octanol–water partition coefficient (Wildman–Crippen LogP) is 2.05. The molecule has 11 heavy (non-hydrogen) atoms. The van der Waals surface area contributed by atoms with Gasteiger partial charge in [-0.05, 0) is 31.8 Å². The zero-order valence-electron chi connectivity index (χ0n) is 7.09. The second-order valence-corrected chi connectivity index (χ2v) is 2.92. The van der Waals surface area contributed by atoms with Crippen LogP contribution >= 0.6 is 0 Å². The summed E-state index contributed by atoms with van der Waals surface area (Å²) < 4.78 is 5.03. The largest absolute Gasteiger partial charge is 0.458 e. The minimum atomic E-state index is -0.190. The van der Waals surface area contributed by atoms with Gasteiger partial charge in [-0.2, -0.15) is 0 Å². The average molecular weight is 154 g/mol. The molecule has 0 fully saturated rings. The van der Waals surface area contributed by atoms with Crippen molar-refractivity contribution in [3.8, 4) is 0 Å². The summed E-state index contributed by atoms with van der Waals surface area (Å²) in [5.74, 6) is -0.190. The summed E-state index contributed by atoms with van der Waals surface area (Å²) in [6.07, 6.45) is 5.61. The molecule has 0 bridgehead atoms. The summed E-state index contributed by atoms with van der Waals surface area (Å²) in [4.78, 5) is 10.6. The molecule has 1 rings (SSSR count). The van der Waals surface area contributed by atoms with E-state index in [0.717, 1.165) is 12.8 Å². The number of hydrogen-bond donors (Lipinski definition) is 0. The van der Waals surface area contributed by atoms with E-state index >= 15 is 0 Å². The molecule has 2 nitrogen and oxygen atoms in total. The molecule has 62 valence electrons. The van der Waals surface area contributed by atoms with Gasteiger partial charge in [0.1, 0.15) is 6.10 Å². The molecule has 0 aromatic rings. The molecule has 1 atom stereocenters. The summed E-state index contributed by atoms with van der Waals surface area (Å²) in [6.45, 7) is 3.38. The Morgan fingerprint density at radius 2 is 2.45 bits per heavy atom. The Bertz CT molecular complexity index is 182. The number of carbonyl (C=O) groups is 1. The van der Waals surface area contributed by atoms with E-state index in [1.54, 1.807) is 0 Å². The number of carbonyl (C=O) groups excluding carboxylic acids is 1. The van der Waals surface area contributed by atoms with Crippen LogP contribution in [0.1, 0.15) is 33.1 Å². The Morgan fingerprint density at radius 1 is 1.73 bits per heavy atom. The first-order valence-corrected chi connectivity index (χ1v) is 4.06. The van der Waals surface area contributed by atoms with Crippen molar-refractivity contribution in [2.24, 2.45) is 0 Å². The highest BCUT2D eigenvalue weighted by atomic mass is 16.5. The van der Waals surface area contributed by atoms with Crippen molar-refractivity contribution >= 4 is 5.97 Å². The Kier molecular flexibility index (Phi) is 2.69. The number of ether oxygens (including phenoxy) is 1. The highest BCUT2D eigenvalue weighted by molar-refractivity contribution is 5.66. The summed E-state index contributed by atoms with van der Waals surface area (Å²) in [5.41, 5.74) is 1.28. The summed E-state index contributed by atoms with van der Waals surface area (Å²) in [7, 11) is 0. The van der Waals surface area contributed by atoms with Gasteiger partial charge in [-0.1, -0.05) is 6.08 Å². The number of hydrogen-bond acceptors (Lipinski definition) is 2. The molecule has 0 saturated carbocycles. The van der Waals surface area contributed by atoms with Crippen molar-refractivity contribution < 1.29 is 9.53 Å². The van der Waals surface area contributed by atoms with Crippen molar-refractivity contribution in [2.45, 2.75) is 39.2 Å². The molecule has 1 aliphatic rings. The SMILES string of the molecule is CC(=O)O[C@@H](C)C1=CCCC1. The van der Waals surface area contributed by atoms with Crippen LogP contribution in [-0.4, -0.2) is 12.1 Å². The molecule has 0 aromatic carbocycles. The fourth-order valence-electron chi connectivity index (χ4n) is 1.39. The zero-order valence-corrected chi connectivity index (χ0v) is 7.09. The van der Waals surface area contributed by atoms with E-state index in [1.807, 2.05) is 6.92 Å². The molecular weight excluding hydrogens is 140 g/mol. The van der Waals surface area contributed by atoms with Crippen LogP contribution in [0.5, 0.6) is 0 Å². The molecule has 2 heteroatoms. The van der Waals surface area contributed by atoms with E-state index in [1.165, 1.54) is 18.9 Å². The van der Waals surface area contributed by atoms with Crippen molar-refractivity contribution in [3.05, 3.63) is 11.6 Å². The van der Waals surface area contributed by atoms with Gasteiger partial charge in [-0.3, -0.25) is 4.79 Å². The number of rotatable bonds is 2. The van der Waals surface area contributed by atoms with Crippen LogP contribution in [0.3, 0.4) is 0 Å². The van der Waals surface area contributed by atoms with Crippen LogP contribution < -0.4 is 0 Å². The second kappa shape index (κ2) is 3.56. The number of esters is 1. The molecule has 0 N–H and O–H groups in total. The lowest BCUT2D eigenvalue weighted by Gasteiger charge is -2.12. The van der Waals surface area contributed by atoms with Gasteiger partial charge in [0.15, 0.2) is 0 Å². The fraction of sp³-hybridized carbons (Fsp3) is 0.667. The number of allylic oxidation sites excluding steroid dienone is 1. The van der Waals surface area contributed by atoms with Gasteiger partial charge in [0.05, 0.1) is 0 Å². The van der Waals surface area contributed by atoms with Crippen LogP contribution in [0.2, 0.25) is 0 Å². The maximum absolute atomic E-state index is 10.6. The molecular formula is C9H14O2. The van der Waals surface area contributed by atoms with Crippen LogP contribution in [0.4, 0.5) is 0 Å². The van der Waals surface area contributed by atoms with Crippen molar-refractivity contribution in [2.75, 3.05) is 0 Å². The van der Waals surface area contributed by atoms with Crippen LogP contribution in [0.15, 0.2) is 11.6 Å². The minimum absolute atomic E-state index is 0.00463. The first kappa shape index (κ1) is 8.31. The van der Waals surface area contributed by atoms with E-state index in [2.05, 4.69) is 6.08 Å². The van der Waals surface area contributed by atoms with Gasteiger partial charge in [0.25, 0.3) is 0 Å². The molecule has 0 unspecified atom stereocenters. The van der Waals surface area contributed by atoms with Crippen molar-refractivity contribution in [1.29, 1.82) is 0 Å². The molecule has 0 spiro atoms. The van der Waals surface area contributed by atoms with Gasteiger partial charge in [-0.25, -0.2) is 0 Å². The van der Waals surface area contributed by atoms with Crippen molar-refractivity contribution in [1.82, 2.24) is 0 Å². The summed E-state index contributed by atoms with van der Waals surface area (Å²) in [5, 5.41) is 0. The molecule has 0 radical (unpaired) electrons. The third-order valence-electron chi connectivity index (χ3n) is 1.94. The standard InChI is InChI=1S/C9H14O2/c1-7(11-8(2)10)9-5-3-4-6-9/h5,7H,3-4,6H2,1-2H3/t7-/m0/s1. The van der Waals surface area contributed by atoms with Gasteiger partial charge in [-0.15, -0.1) is 0 Å². The van der Waals surface area contributed by atoms with Gasteiger partial charge in [0, 0.05) is 6.92 Å². The average Bonchev–Trinajstić information content (AvgIpc) is 2.35. The highest BCUT2D eigenvalue weighted by Crippen LogP contribution is 2.22. The monoisotopic (exact) mass is 154 g/mol. The Hall–Kier alpha value is -0.790. The highest BCUT2D eigenvalue weighted by Gasteiger charge is 2.14. The lowest BCUT2D eigenvalue weighted by atomic mass is 10.1. The second-order valence-electron chi connectivity index (χ2n) is 2.92. The van der Waals surface area contributed by atoms with E-state index in [9.17, 15) is 4.79 Å². The Labute approximate surface area is 67.2 Å². The van der Waals surface area contributed by atoms with Crippen LogP contribution in [0, 0.1) is 0 Å². The maximum Gasteiger partial charge on any atom is 0.303 e. The fourth-order valence-corrected chi connectivity index (χ4v) is 1.39. The molecule has 0 amide bonds. The smallest absolute Gasteiger partial charge is 0.303 e. The van der Waals surface area contributed by atoms with E-state index in [-0.39, 0.29) is 12.1 Å². The van der Waals surface area contributed by atoms with E-state index in [4.69, 9.17) is 4.74 Å². The third kappa shape index (κ3) is 2.37. The molecule has 1 aliphatic carbocycles. The minimum Gasteiger partial charge on any atom is -0.458 e. The Balaban J connectivity index is 2.40. The molecule has 0 aliphatic heterocycles. The molecule has 0 heterocycles. The van der Waals surface area contributed by atoms with E-state index in [0.29, 0.717) is 0 Å². The lowest BCUT2D eigenvalue weighted by molar-refractivity contribution is -0.143. The third-order valence-corrected chi connectivity index (χ3v) is 1.94. The van der Waals surface area contributed by atoms with Crippen LogP contribution in [0.25, 0.3) is 0 Å². The van der Waals surface area contributed by atoms with Crippen LogP contribution in [-0.2, 0) is 9.53 Å². The lowest BCUT2D eigenvalue weighted by Crippen LogP contribution is -2.13. The summed E-state index contributed by atoms with van der Waals surface area (Å²) in [6, 6.07) is 0. The first-order valence-electron chi connectivity index (χ1n) is 4.06. The predicted molar refractivity (Wildman–Crippen MR) is 43.2 cm³/mol. The Morgan fingerprint density at radius 3 is 2.91 bits per heavy atom. The van der Waals surface area contributed by atoms with Gasteiger partial charge in [0.2, 0.25) is 0 Å². The van der Waals surface area contributed by atoms with E-state index < -0.39 is 0 Å².